The number of carbonyl (C=O) groups excluding carboxylic acids is 3. The number of nitrogens with one attached hydrogen (secondary N) is 1. The number of nitrogens with zero attached hydrogens (tertiary/aromatic N) is 1. The van der Waals surface area contributed by atoms with Crippen molar-refractivity contribution in [2.75, 3.05) is 20.3 Å². The molecule has 3 N–H and O–H groups in total. The zero-order valence-electron chi connectivity index (χ0n) is 23.8. The number of aldehydes is 1. The summed E-state index contributed by atoms with van der Waals surface area (Å²) in [5, 5.41) is 24.2. The van der Waals surface area contributed by atoms with Crippen LogP contribution in [-0.4, -0.2) is 71.7 Å². The lowest BCUT2D eigenvalue weighted by Gasteiger charge is -2.40. The van der Waals surface area contributed by atoms with Crippen LogP contribution in [-0.2, 0) is 17.5 Å². The number of carbonyl (C=O) groups is 3. The highest BCUT2D eigenvalue weighted by Crippen LogP contribution is 2.51. The first-order chi connectivity index (χ1) is 21.5. The minimum Gasteiger partial charge on any atom is -0.493 e. The first-order valence-electron chi connectivity index (χ1n) is 13.8. The van der Waals surface area contributed by atoms with Gasteiger partial charge < -0.3 is 29.9 Å². The average Bonchev–Trinajstić information content (AvgIpc) is 3.42. The van der Waals surface area contributed by atoms with E-state index in [0.29, 0.717) is 22.4 Å². The lowest BCUT2D eigenvalue weighted by molar-refractivity contribution is -0.137. The molecular weight excluding hydrogens is 617 g/mol. The molecule has 236 valence electrons. The Hall–Kier alpha value is -4.39. The Balaban J connectivity index is 1.62. The molecule has 2 amide bonds. The smallest absolute Gasteiger partial charge is 0.416 e. The van der Waals surface area contributed by atoms with E-state index in [2.05, 4.69) is 5.32 Å². The van der Waals surface area contributed by atoms with E-state index in [4.69, 9.17) is 21.1 Å². The van der Waals surface area contributed by atoms with Gasteiger partial charge in [0.25, 0.3) is 5.91 Å². The summed E-state index contributed by atoms with van der Waals surface area (Å²) in [6.07, 6.45) is -5.18. The van der Waals surface area contributed by atoms with Gasteiger partial charge in [0.05, 0.1) is 31.2 Å². The largest absolute Gasteiger partial charge is 0.493 e. The lowest BCUT2D eigenvalue weighted by Crippen LogP contribution is -2.55. The van der Waals surface area contributed by atoms with Crippen LogP contribution >= 0.6 is 11.6 Å². The van der Waals surface area contributed by atoms with Crippen molar-refractivity contribution in [1.82, 2.24) is 10.2 Å². The van der Waals surface area contributed by atoms with E-state index >= 15 is 0 Å². The highest BCUT2D eigenvalue weighted by atomic mass is 35.5. The Bertz CT molecular complexity index is 1630. The van der Waals surface area contributed by atoms with Crippen molar-refractivity contribution in [2.45, 2.75) is 36.9 Å². The van der Waals surface area contributed by atoms with Crippen molar-refractivity contribution < 1.29 is 47.2 Å². The summed E-state index contributed by atoms with van der Waals surface area (Å²) >= 11 is 6.04. The predicted octanol–water partition coefficient (Wildman–Crippen LogP) is 4.15. The fourth-order valence-corrected chi connectivity index (χ4v) is 5.75. The molecule has 0 radical (unpaired) electrons. The second-order valence-electron chi connectivity index (χ2n) is 10.5. The molecule has 4 atom stereocenters. The molecule has 1 aliphatic heterocycles. The summed E-state index contributed by atoms with van der Waals surface area (Å²) in [6, 6.07) is 11.9. The molecular formula is C32H28ClF3N2O7. The number of rotatable bonds is 9. The van der Waals surface area contributed by atoms with E-state index in [0.717, 1.165) is 24.3 Å². The molecule has 9 nitrogen and oxygen atoms in total. The van der Waals surface area contributed by atoms with Crippen LogP contribution in [0.3, 0.4) is 0 Å². The average molecular weight is 645 g/mol. The van der Waals surface area contributed by atoms with Gasteiger partial charge in [-0.3, -0.25) is 14.4 Å². The minimum absolute atomic E-state index is 0.0844. The van der Waals surface area contributed by atoms with Crippen LogP contribution in [0.25, 0.3) is 0 Å². The number of halogens is 4. The summed E-state index contributed by atoms with van der Waals surface area (Å²) in [4.78, 5) is 40.5. The van der Waals surface area contributed by atoms with Crippen LogP contribution in [0, 0.1) is 0 Å². The zero-order valence-corrected chi connectivity index (χ0v) is 24.5. The van der Waals surface area contributed by atoms with Gasteiger partial charge >= 0.3 is 6.18 Å². The molecule has 0 bridgehead atoms. The van der Waals surface area contributed by atoms with E-state index in [-0.39, 0.29) is 47.9 Å². The number of hydrogen-bond donors (Lipinski definition) is 3. The molecule has 0 saturated carbocycles. The molecule has 5 rings (SSSR count). The van der Waals surface area contributed by atoms with E-state index in [1.807, 2.05) is 0 Å². The Kier molecular flexibility index (Phi) is 9.19. The molecule has 45 heavy (non-hydrogen) atoms. The highest BCUT2D eigenvalue weighted by molar-refractivity contribution is 6.30. The monoisotopic (exact) mass is 644 g/mol. The van der Waals surface area contributed by atoms with Crippen molar-refractivity contribution in [3.8, 4) is 11.5 Å². The number of methoxy groups -OCH3 is 1. The molecule has 0 fully saturated rings. The Morgan fingerprint density at radius 3 is 2.40 bits per heavy atom. The fourth-order valence-electron chi connectivity index (χ4n) is 5.63. The molecule has 3 aromatic carbocycles. The standard InChI is InChI=1S/C32H28ClF3N2O7/c1-44-25-13-18(16-40)12-22-26-23(30(42)37-10-11-39)14-24(27(41)29(26)45-28(22)25)38(15-17-2-8-21(33)9-3-17)31(43)19-4-6-20(7-5-19)32(34,35)36/h2-9,12-14,16,24,26-27,29,39,41H,10-11,15H2,1H3,(H,37,42)/t24-,26+,27+,29+/m1/s1. The third-order valence-electron chi connectivity index (χ3n) is 7.76. The Morgan fingerprint density at radius 2 is 1.80 bits per heavy atom. The van der Waals surface area contributed by atoms with Crippen molar-refractivity contribution in [3.05, 3.63) is 105 Å². The Labute approximate surface area is 260 Å². The second kappa shape index (κ2) is 12.9. The van der Waals surface area contributed by atoms with Gasteiger partial charge in [0, 0.05) is 40.4 Å². The van der Waals surface area contributed by atoms with Crippen molar-refractivity contribution in [2.24, 2.45) is 0 Å². The van der Waals surface area contributed by atoms with Crippen LogP contribution in [0.15, 0.2) is 72.3 Å². The summed E-state index contributed by atoms with van der Waals surface area (Å²) in [7, 11) is 1.37. The third-order valence-corrected chi connectivity index (χ3v) is 8.01. The number of benzene rings is 3. The molecule has 1 aliphatic carbocycles. The summed E-state index contributed by atoms with van der Waals surface area (Å²) in [5.74, 6) is -1.82. The van der Waals surface area contributed by atoms with Crippen LogP contribution in [0.1, 0.15) is 43.3 Å². The van der Waals surface area contributed by atoms with Gasteiger partial charge in [-0.25, -0.2) is 0 Å². The fraction of sp³-hybridized carbons (Fsp3) is 0.281. The van der Waals surface area contributed by atoms with Crippen LogP contribution in [0.2, 0.25) is 5.02 Å². The molecule has 0 saturated heterocycles. The van der Waals surface area contributed by atoms with Gasteiger partial charge in [-0.05, 0) is 60.2 Å². The van der Waals surface area contributed by atoms with Crippen LogP contribution in [0.5, 0.6) is 11.5 Å². The molecule has 2 aliphatic rings. The van der Waals surface area contributed by atoms with Gasteiger partial charge in [-0.1, -0.05) is 23.7 Å². The zero-order chi connectivity index (χ0) is 32.5. The number of aliphatic hydroxyl groups excluding tert-OH is 2. The maximum Gasteiger partial charge on any atom is 0.416 e. The first kappa shape index (κ1) is 32.0. The van der Waals surface area contributed by atoms with Gasteiger partial charge in [0.1, 0.15) is 18.5 Å². The Morgan fingerprint density at radius 1 is 1.11 bits per heavy atom. The van der Waals surface area contributed by atoms with Gasteiger partial charge in [-0.2, -0.15) is 13.2 Å². The number of amides is 2. The quantitative estimate of drug-likeness (QED) is 0.299. The number of ether oxygens (including phenoxy) is 2. The van der Waals surface area contributed by atoms with Crippen LogP contribution < -0.4 is 14.8 Å². The van der Waals surface area contributed by atoms with Crippen molar-refractivity contribution >= 4 is 29.7 Å². The number of fused-ring (bicyclic) bond motifs is 3. The SMILES string of the molecule is COc1cc(C=O)cc2c1O[C@@H]1[C@@H](O)[C@H](N(Cc3ccc(Cl)cc3)C(=O)c3ccc(C(F)(F)F)cc3)C=C(C(=O)NCCO)[C@H]21. The maximum absolute atomic E-state index is 14.0. The van der Waals surface area contributed by atoms with Gasteiger partial charge in [0.15, 0.2) is 11.5 Å². The van der Waals surface area contributed by atoms with E-state index in [1.54, 1.807) is 24.3 Å². The van der Waals surface area contributed by atoms with E-state index in [1.165, 1.54) is 30.2 Å². The summed E-state index contributed by atoms with van der Waals surface area (Å²) < 4.78 is 51.3. The summed E-state index contributed by atoms with van der Waals surface area (Å²) in [5.41, 5.74) is 0.299. The maximum atomic E-state index is 14.0. The normalized spacial score (nSPS) is 20.3. The predicted molar refractivity (Wildman–Crippen MR) is 156 cm³/mol. The number of aliphatic hydroxyl groups is 2. The summed E-state index contributed by atoms with van der Waals surface area (Å²) in [6.45, 7) is -0.570. The van der Waals surface area contributed by atoms with Gasteiger partial charge in [-0.15, -0.1) is 0 Å². The van der Waals surface area contributed by atoms with E-state index in [9.17, 15) is 37.8 Å². The second-order valence-corrected chi connectivity index (χ2v) is 11.0. The molecule has 13 heteroatoms. The van der Waals surface area contributed by atoms with Crippen molar-refractivity contribution in [3.63, 3.8) is 0 Å². The first-order valence-corrected chi connectivity index (χ1v) is 14.2. The third kappa shape index (κ3) is 6.39. The number of alkyl halides is 3. The molecule has 0 aromatic heterocycles. The minimum atomic E-state index is -4.61. The van der Waals surface area contributed by atoms with Gasteiger partial charge in [0.2, 0.25) is 5.91 Å². The topological polar surface area (TPSA) is 125 Å². The lowest BCUT2D eigenvalue weighted by atomic mass is 9.77. The molecule has 3 aromatic rings. The van der Waals surface area contributed by atoms with E-state index < -0.39 is 47.7 Å². The van der Waals surface area contributed by atoms with Crippen LogP contribution in [0.4, 0.5) is 13.2 Å². The highest BCUT2D eigenvalue weighted by Gasteiger charge is 2.51. The van der Waals surface area contributed by atoms with Crippen molar-refractivity contribution in [1.29, 1.82) is 0 Å². The molecule has 0 unspecified atom stereocenters. The molecule has 0 spiro atoms. The molecule has 1 heterocycles. The number of hydrogen-bond acceptors (Lipinski definition) is 7.